The number of hydrogen-bond donors (Lipinski definition) is 1. The van der Waals surface area contributed by atoms with E-state index in [1.165, 1.54) is 18.5 Å². The maximum atomic E-state index is 13.1. The molecule has 1 unspecified atom stereocenters. The first-order valence-corrected chi connectivity index (χ1v) is 8.71. The Balaban J connectivity index is 1.54. The fourth-order valence-electron chi connectivity index (χ4n) is 3.45. The summed E-state index contributed by atoms with van der Waals surface area (Å²) in [6.07, 6.45) is 3.44. The van der Waals surface area contributed by atoms with Gasteiger partial charge in [-0.25, -0.2) is 9.37 Å². The molecule has 1 aromatic heterocycles. The Labute approximate surface area is 150 Å². The smallest absolute Gasteiger partial charge is 0.253 e. The standard InChI is InChI=1S/C20H19FN4O/c21-18-8-6-14(7-9-18)15-3-1-4-16(11-15)20(26)25-10-2-5-17(12-25)19-22-13-23-24-19/h1,3-4,6-9,11,13,17H,2,5,10,12H2,(H,22,23,24). The summed E-state index contributed by atoms with van der Waals surface area (Å²) in [5, 5.41) is 6.82. The Morgan fingerprint density at radius 1 is 1.15 bits per heavy atom. The highest BCUT2D eigenvalue weighted by Gasteiger charge is 2.27. The summed E-state index contributed by atoms with van der Waals surface area (Å²) in [4.78, 5) is 19.1. The lowest BCUT2D eigenvalue weighted by atomic mass is 9.96. The quantitative estimate of drug-likeness (QED) is 0.785. The zero-order chi connectivity index (χ0) is 17.9. The van der Waals surface area contributed by atoms with Crippen LogP contribution in [0.4, 0.5) is 4.39 Å². The van der Waals surface area contributed by atoms with Crippen LogP contribution in [0.2, 0.25) is 0 Å². The molecule has 1 saturated heterocycles. The first kappa shape index (κ1) is 16.4. The second kappa shape index (κ2) is 7.07. The number of amides is 1. The van der Waals surface area contributed by atoms with Crippen LogP contribution in [0.1, 0.15) is 34.9 Å². The van der Waals surface area contributed by atoms with Crippen molar-refractivity contribution >= 4 is 5.91 Å². The Morgan fingerprint density at radius 2 is 2.00 bits per heavy atom. The molecule has 26 heavy (non-hydrogen) atoms. The molecule has 0 aliphatic carbocycles. The minimum absolute atomic E-state index is 0.0122. The van der Waals surface area contributed by atoms with Crippen molar-refractivity contribution in [2.24, 2.45) is 0 Å². The van der Waals surface area contributed by atoms with Gasteiger partial charge in [-0.1, -0.05) is 24.3 Å². The van der Waals surface area contributed by atoms with Crippen molar-refractivity contribution in [2.45, 2.75) is 18.8 Å². The average molecular weight is 350 g/mol. The van der Waals surface area contributed by atoms with E-state index in [0.29, 0.717) is 12.1 Å². The summed E-state index contributed by atoms with van der Waals surface area (Å²) in [5.41, 5.74) is 2.43. The van der Waals surface area contributed by atoms with Crippen LogP contribution < -0.4 is 0 Å². The number of nitrogens with zero attached hydrogens (tertiary/aromatic N) is 3. The van der Waals surface area contributed by atoms with Gasteiger partial charge in [0.2, 0.25) is 0 Å². The molecule has 5 nitrogen and oxygen atoms in total. The number of likely N-dealkylation sites (tertiary alicyclic amines) is 1. The van der Waals surface area contributed by atoms with Gasteiger partial charge in [-0.05, 0) is 48.2 Å². The number of benzene rings is 2. The fraction of sp³-hybridized carbons (Fsp3) is 0.250. The second-order valence-electron chi connectivity index (χ2n) is 6.55. The number of aromatic amines is 1. The van der Waals surface area contributed by atoms with Crippen LogP contribution in [-0.2, 0) is 0 Å². The lowest BCUT2D eigenvalue weighted by Gasteiger charge is -2.31. The Morgan fingerprint density at radius 3 is 2.77 bits per heavy atom. The molecule has 0 bridgehead atoms. The highest BCUT2D eigenvalue weighted by molar-refractivity contribution is 5.95. The van der Waals surface area contributed by atoms with E-state index in [9.17, 15) is 9.18 Å². The summed E-state index contributed by atoms with van der Waals surface area (Å²) in [6, 6.07) is 13.8. The minimum atomic E-state index is -0.271. The number of halogens is 1. The van der Waals surface area contributed by atoms with Crippen molar-refractivity contribution in [3.63, 3.8) is 0 Å². The largest absolute Gasteiger partial charge is 0.338 e. The third-order valence-electron chi connectivity index (χ3n) is 4.82. The SMILES string of the molecule is O=C(c1cccc(-c2ccc(F)cc2)c1)N1CCCC(c2ncn[nH]2)C1. The molecule has 2 aromatic carbocycles. The molecule has 6 heteroatoms. The summed E-state index contributed by atoms with van der Waals surface area (Å²) < 4.78 is 13.1. The summed E-state index contributed by atoms with van der Waals surface area (Å²) >= 11 is 0. The van der Waals surface area contributed by atoms with Crippen LogP contribution in [0, 0.1) is 5.82 Å². The number of piperidine rings is 1. The number of carbonyl (C=O) groups is 1. The second-order valence-corrected chi connectivity index (χ2v) is 6.55. The molecule has 3 aromatic rings. The number of aromatic nitrogens is 3. The lowest BCUT2D eigenvalue weighted by molar-refractivity contribution is 0.0704. The Hall–Kier alpha value is -3.02. The average Bonchev–Trinajstić information content (AvgIpc) is 3.23. The van der Waals surface area contributed by atoms with Crippen molar-refractivity contribution in [3.05, 3.63) is 72.1 Å². The van der Waals surface area contributed by atoms with Crippen molar-refractivity contribution < 1.29 is 9.18 Å². The zero-order valence-corrected chi connectivity index (χ0v) is 14.2. The van der Waals surface area contributed by atoms with E-state index < -0.39 is 0 Å². The van der Waals surface area contributed by atoms with E-state index in [4.69, 9.17) is 0 Å². The first-order valence-electron chi connectivity index (χ1n) is 8.71. The van der Waals surface area contributed by atoms with Gasteiger partial charge in [0, 0.05) is 24.6 Å². The lowest BCUT2D eigenvalue weighted by Crippen LogP contribution is -2.39. The highest BCUT2D eigenvalue weighted by Crippen LogP contribution is 2.26. The van der Waals surface area contributed by atoms with Crippen LogP contribution in [0.5, 0.6) is 0 Å². The zero-order valence-electron chi connectivity index (χ0n) is 14.2. The van der Waals surface area contributed by atoms with Gasteiger partial charge >= 0.3 is 0 Å². The summed E-state index contributed by atoms with van der Waals surface area (Å²) in [7, 11) is 0. The molecule has 132 valence electrons. The molecule has 1 N–H and O–H groups in total. The molecule has 1 aliphatic rings. The normalized spacial score (nSPS) is 17.3. The third-order valence-corrected chi connectivity index (χ3v) is 4.82. The molecular weight excluding hydrogens is 331 g/mol. The molecule has 1 amide bonds. The van der Waals surface area contributed by atoms with Crippen LogP contribution in [0.3, 0.4) is 0 Å². The maximum absolute atomic E-state index is 13.1. The van der Waals surface area contributed by atoms with Gasteiger partial charge in [0.25, 0.3) is 5.91 Å². The molecule has 1 atom stereocenters. The highest BCUT2D eigenvalue weighted by atomic mass is 19.1. The molecule has 0 saturated carbocycles. The monoisotopic (exact) mass is 350 g/mol. The number of hydrogen-bond acceptors (Lipinski definition) is 3. The summed E-state index contributed by atoms with van der Waals surface area (Å²) in [6.45, 7) is 1.37. The van der Waals surface area contributed by atoms with Crippen LogP contribution in [0.25, 0.3) is 11.1 Å². The molecule has 2 heterocycles. The van der Waals surface area contributed by atoms with E-state index in [1.807, 2.05) is 29.2 Å². The molecule has 1 aliphatic heterocycles. The predicted octanol–water partition coefficient (Wildman–Crippen LogP) is 3.63. The minimum Gasteiger partial charge on any atom is -0.338 e. The van der Waals surface area contributed by atoms with Gasteiger partial charge in [0.05, 0.1) is 0 Å². The molecular formula is C20H19FN4O. The van der Waals surface area contributed by atoms with E-state index in [-0.39, 0.29) is 17.6 Å². The van der Waals surface area contributed by atoms with Gasteiger partial charge < -0.3 is 4.90 Å². The van der Waals surface area contributed by atoms with Gasteiger partial charge in [-0.3, -0.25) is 9.89 Å². The van der Waals surface area contributed by atoms with Crippen molar-refractivity contribution in [2.75, 3.05) is 13.1 Å². The predicted molar refractivity (Wildman–Crippen MR) is 96.1 cm³/mol. The van der Waals surface area contributed by atoms with Gasteiger partial charge in [0.15, 0.2) is 0 Å². The number of H-pyrrole nitrogens is 1. The van der Waals surface area contributed by atoms with Crippen LogP contribution in [0.15, 0.2) is 54.9 Å². The van der Waals surface area contributed by atoms with Crippen LogP contribution in [-0.4, -0.2) is 39.1 Å². The van der Waals surface area contributed by atoms with Crippen molar-refractivity contribution in [3.8, 4) is 11.1 Å². The van der Waals surface area contributed by atoms with Gasteiger partial charge in [0.1, 0.15) is 18.0 Å². The van der Waals surface area contributed by atoms with E-state index >= 15 is 0 Å². The number of rotatable bonds is 3. The Kier molecular flexibility index (Phi) is 4.48. The molecule has 0 spiro atoms. The maximum Gasteiger partial charge on any atom is 0.253 e. The number of carbonyl (C=O) groups excluding carboxylic acids is 1. The van der Waals surface area contributed by atoms with E-state index in [2.05, 4.69) is 15.2 Å². The van der Waals surface area contributed by atoms with Gasteiger partial charge in [-0.15, -0.1) is 0 Å². The summed E-state index contributed by atoms with van der Waals surface area (Å²) in [5.74, 6) is 0.768. The molecule has 0 radical (unpaired) electrons. The number of nitrogens with one attached hydrogen (secondary N) is 1. The molecule has 1 fully saturated rings. The molecule has 4 rings (SSSR count). The third kappa shape index (κ3) is 3.35. The van der Waals surface area contributed by atoms with Crippen molar-refractivity contribution in [1.82, 2.24) is 20.1 Å². The fourth-order valence-corrected chi connectivity index (χ4v) is 3.45. The Bertz CT molecular complexity index is 892. The first-order chi connectivity index (χ1) is 12.7. The van der Waals surface area contributed by atoms with Crippen molar-refractivity contribution in [1.29, 1.82) is 0 Å². The van der Waals surface area contributed by atoms with E-state index in [1.54, 1.807) is 12.1 Å². The van der Waals surface area contributed by atoms with Gasteiger partial charge in [-0.2, -0.15) is 5.10 Å². The topological polar surface area (TPSA) is 61.9 Å². The van der Waals surface area contributed by atoms with E-state index in [0.717, 1.165) is 36.3 Å². The van der Waals surface area contributed by atoms with Crippen LogP contribution >= 0.6 is 0 Å².